The second-order valence-corrected chi connectivity index (χ2v) is 6.72. The second kappa shape index (κ2) is 8.06. The van der Waals surface area contributed by atoms with E-state index in [9.17, 15) is 4.79 Å². The molecule has 2 unspecified atom stereocenters. The summed E-state index contributed by atoms with van der Waals surface area (Å²) in [4.78, 5) is 14.9. The number of ether oxygens (including phenoxy) is 1. The zero-order valence-electron chi connectivity index (χ0n) is 13.0. The van der Waals surface area contributed by atoms with Gasteiger partial charge in [-0.2, -0.15) is 0 Å². The van der Waals surface area contributed by atoms with Crippen LogP contribution in [0.2, 0.25) is 0 Å². The van der Waals surface area contributed by atoms with Gasteiger partial charge in [0, 0.05) is 30.1 Å². The van der Waals surface area contributed by atoms with Crippen LogP contribution in [0.1, 0.15) is 18.5 Å². The number of likely N-dealkylation sites (N-methyl/N-ethyl adjacent to an activating group) is 1. The Morgan fingerprint density at radius 2 is 2.18 bits per heavy atom. The fraction of sp³-hybridized carbons (Fsp3) is 0.562. The lowest BCUT2D eigenvalue weighted by atomic mass is 10.1. The van der Waals surface area contributed by atoms with Crippen molar-refractivity contribution in [2.24, 2.45) is 0 Å². The van der Waals surface area contributed by atoms with Gasteiger partial charge in [0.1, 0.15) is 0 Å². The van der Waals surface area contributed by atoms with Crippen molar-refractivity contribution in [3.8, 4) is 0 Å². The smallest absolute Gasteiger partial charge is 0.317 e. The van der Waals surface area contributed by atoms with Crippen molar-refractivity contribution in [1.29, 1.82) is 0 Å². The molecule has 1 heterocycles. The molecule has 1 fully saturated rings. The zero-order chi connectivity index (χ0) is 16.1. The molecule has 2 rings (SSSR count). The Hall–Kier alpha value is -0.950. The molecular formula is C16H23BrN2O3. The maximum absolute atomic E-state index is 10.7. The number of rotatable bonds is 6. The molecule has 0 aromatic heterocycles. The number of benzene rings is 1. The van der Waals surface area contributed by atoms with Crippen LogP contribution in [-0.4, -0.2) is 66.8 Å². The van der Waals surface area contributed by atoms with Crippen molar-refractivity contribution >= 4 is 21.9 Å². The largest absolute Gasteiger partial charge is 0.480 e. The summed E-state index contributed by atoms with van der Waals surface area (Å²) >= 11 is 3.46. The van der Waals surface area contributed by atoms with Crippen molar-refractivity contribution in [3.63, 3.8) is 0 Å². The van der Waals surface area contributed by atoms with Crippen LogP contribution in [0.25, 0.3) is 0 Å². The maximum atomic E-state index is 10.7. The summed E-state index contributed by atoms with van der Waals surface area (Å²) in [5, 5.41) is 8.83. The lowest BCUT2D eigenvalue weighted by Crippen LogP contribution is -2.48. The molecule has 0 aliphatic carbocycles. The highest BCUT2D eigenvalue weighted by atomic mass is 79.9. The maximum Gasteiger partial charge on any atom is 0.317 e. The summed E-state index contributed by atoms with van der Waals surface area (Å²) in [6.45, 7) is 5.29. The average Bonchev–Trinajstić information content (AvgIpc) is 2.46. The fourth-order valence-electron chi connectivity index (χ4n) is 2.80. The molecule has 0 radical (unpaired) electrons. The van der Waals surface area contributed by atoms with Crippen molar-refractivity contribution in [2.75, 3.05) is 39.8 Å². The molecule has 0 saturated carbocycles. The molecule has 1 N–H and O–H groups in total. The molecule has 0 spiro atoms. The van der Waals surface area contributed by atoms with E-state index in [0.29, 0.717) is 19.2 Å². The Morgan fingerprint density at radius 3 is 2.82 bits per heavy atom. The van der Waals surface area contributed by atoms with Crippen LogP contribution in [0.3, 0.4) is 0 Å². The van der Waals surface area contributed by atoms with Crippen molar-refractivity contribution in [3.05, 3.63) is 34.3 Å². The third kappa shape index (κ3) is 5.05. The van der Waals surface area contributed by atoms with Crippen LogP contribution in [0.15, 0.2) is 28.7 Å². The molecule has 1 aliphatic rings. The van der Waals surface area contributed by atoms with Gasteiger partial charge >= 0.3 is 5.97 Å². The molecule has 0 amide bonds. The van der Waals surface area contributed by atoms with E-state index in [1.807, 2.05) is 7.05 Å². The molecule has 1 aromatic rings. The highest BCUT2D eigenvalue weighted by molar-refractivity contribution is 9.10. The van der Waals surface area contributed by atoms with Gasteiger partial charge in [-0.05, 0) is 31.7 Å². The SMILES string of the molecule is CC(c1ccc(Br)cc1)N1CCOC(CN(C)CC(=O)O)C1. The first-order chi connectivity index (χ1) is 10.5. The lowest BCUT2D eigenvalue weighted by Gasteiger charge is -2.38. The van der Waals surface area contributed by atoms with E-state index < -0.39 is 5.97 Å². The van der Waals surface area contributed by atoms with E-state index >= 15 is 0 Å². The molecule has 122 valence electrons. The topological polar surface area (TPSA) is 53.0 Å². The summed E-state index contributed by atoms with van der Waals surface area (Å²) < 4.78 is 6.86. The lowest BCUT2D eigenvalue weighted by molar-refractivity contribution is -0.138. The molecule has 22 heavy (non-hydrogen) atoms. The number of hydrogen-bond acceptors (Lipinski definition) is 4. The van der Waals surface area contributed by atoms with Crippen molar-refractivity contribution in [1.82, 2.24) is 9.80 Å². The summed E-state index contributed by atoms with van der Waals surface area (Å²) in [7, 11) is 1.81. The first-order valence-corrected chi connectivity index (χ1v) is 8.26. The zero-order valence-corrected chi connectivity index (χ0v) is 14.6. The first-order valence-electron chi connectivity index (χ1n) is 7.47. The Balaban J connectivity index is 1.92. The molecule has 2 atom stereocenters. The first kappa shape index (κ1) is 17.4. The third-order valence-electron chi connectivity index (χ3n) is 3.99. The van der Waals surface area contributed by atoms with Crippen LogP contribution in [-0.2, 0) is 9.53 Å². The summed E-state index contributed by atoms with van der Waals surface area (Å²) in [6.07, 6.45) is 0.0519. The van der Waals surface area contributed by atoms with E-state index in [0.717, 1.165) is 17.6 Å². The molecule has 5 nitrogen and oxygen atoms in total. The fourth-order valence-corrected chi connectivity index (χ4v) is 3.06. The Labute approximate surface area is 140 Å². The van der Waals surface area contributed by atoms with E-state index in [1.165, 1.54) is 5.56 Å². The highest BCUT2D eigenvalue weighted by Crippen LogP contribution is 2.24. The monoisotopic (exact) mass is 370 g/mol. The van der Waals surface area contributed by atoms with E-state index in [2.05, 4.69) is 52.0 Å². The predicted octanol–water partition coefficient (Wildman–Crippen LogP) is 2.23. The number of aliphatic carboxylic acids is 1. The summed E-state index contributed by atoms with van der Waals surface area (Å²) in [5.74, 6) is -0.807. The van der Waals surface area contributed by atoms with Crippen LogP contribution >= 0.6 is 15.9 Å². The number of carboxylic acid groups (broad SMARTS) is 1. The van der Waals surface area contributed by atoms with Gasteiger partial charge in [-0.3, -0.25) is 14.6 Å². The van der Waals surface area contributed by atoms with Gasteiger partial charge in [-0.15, -0.1) is 0 Å². The van der Waals surface area contributed by atoms with E-state index in [4.69, 9.17) is 9.84 Å². The Kier molecular flexibility index (Phi) is 6.37. The van der Waals surface area contributed by atoms with E-state index in [1.54, 1.807) is 4.90 Å². The van der Waals surface area contributed by atoms with Crippen molar-refractivity contribution < 1.29 is 14.6 Å². The normalized spacial score (nSPS) is 21.0. The van der Waals surface area contributed by atoms with Gasteiger partial charge in [0.15, 0.2) is 0 Å². The van der Waals surface area contributed by atoms with Gasteiger partial charge in [-0.1, -0.05) is 28.1 Å². The minimum absolute atomic E-state index is 0.0438. The van der Waals surface area contributed by atoms with Gasteiger partial charge in [0.05, 0.1) is 19.3 Å². The molecule has 0 bridgehead atoms. The summed E-state index contributed by atoms with van der Waals surface area (Å²) in [6, 6.07) is 8.71. The predicted molar refractivity (Wildman–Crippen MR) is 89.0 cm³/mol. The van der Waals surface area contributed by atoms with Gasteiger partial charge in [0.2, 0.25) is 0 Å². The standard InChI is InChI=1S/C16H23BrN2O3/c1-12(13-3-5-14(17)6-4-13)19-7-8-22-15(10-19)9-18(2)11-16(20)21/h3-6,12,15H,7-11H2,1-2H3,(H,20,21). The minimum Gasteiger partial charge on any atom is -0.480 e. The van der Waals surface area contributed by atoms with Crippen LogP contribution in [0, 0.1) is 0 Å². The minimum atomic E-state index is -0.807. The Bertz CT molecular complexity index is 495. The number of hydrogen-bond donors (Lipinski definition) is 1. The molecule has 6 heteroatoms. The van der Waals surface area contributed by atoms with Crippen LogP contribution in [0.5, 0.6) is 0 Å². The summed E-state index contributed by atoms with van der Waals surface area (Å²) in [5.41, 5.74) is 1.28. The number of carbonyl (C=O) groups is 1. The molecule has 1 aromatic carbocycles. The van der Waals surface area contributed by atoms with Crippen LogP contribution < -0.4 is 0 Å². The number of carboxylic acids is 1. The molecule has 1 aliphatic heterocycles. The van der Waals surface area contributed by atoms with Gasteiger partial charge in [0.25, 0.3) is 0 Å². The van der Waals surface area contributed by atoms with Gasteiger partial charge in [-0.25, -0.2) is 0 Å². The van der Waals surface area contributed by atoms with Crippen LogP contribution in [0.4, 0.5) is 0 Å². The second-order valence-electron chi connectivity index (χ2n) is 5.81. The average molecular weight is 371 g/mol. The quantitative estimate of drug-likeness (QED) is 0.831. The highest BCUT2D eigenvalue weighted by Gasteiger charge is 2.26. The van der Waals surface area contributed by atoms with Gasteiger partial charge < -0.3 is 9.84 Å². The number of nitrogens with zero attached hydrogens (tertiary/aromatic N) is 2. The van der Waals surface area contributed by atoms with Crippen molar-refractivity contribution in [2.45, 2.75) is 19.1 Å². The Morgan fingerprint density at radius 1 is 1.50 bits per heavy atom. The van der Waals surface area contributed by atoms with E-state index in [-0.39, 0.29) is 12.6 Å². The third-order valence-corrected chi connectivity index (χ3v) is 4.52. The number of morpholine rings is 1. The molecule has 1 saturated heterocycles. The molecular weight excluding hydrogens is 348 g/mol. The number of halogens is 1.